The molecule has 0 bridgehead atoms. The van der Waals surface area contributed by atoms with Gasteiger partial charge < -0.3 is 14.8 Å². The predicted octanol–water partition coefficient (Wildman–Crippen LogP) is 2.36. The van der Waals surface area contributed by atoms with Crippen LogP contribution >= 0.6 is 0 Å². The van der Waals surface area contributed by atoms with E-state index in [0.29, 0.717) is 49.9 Å². The van der Waals surface area contributed by atoms with Gasteiger partial charge >= 0.3 is 0 Å². The zero-order chi connectivity index (χ0) is 19.3. The molecule has 0 saturated carbocycles. The van der Waals surface area contributed by atoms with Crippen molar-refractivity contribution in [1.82, 2.24) is 4.31 Å². The molecule has 27 heavy (non-hydrogen) atoms. The highest BCUT2D eigenvalue weighted by atomic mass is 32.2. The van der Waals surface area contributed by atoms with Crippen LogP contribution in [0.15, 0.2) is 53.4 Å². The lowest BCUT2D eigenvalue weighted by Crippen LogP contribution is -2.40. The van der Waals surface area contributed by atoms with Crippen LogP contribution in [0.4, 0.5) is 5.69 Å². The summed E-state index contributed by atoms with van der Waals surface area (Å²) in [5, 5.41) is 2.78. The monoisotopic (exact) mass is 390 g/mol. The number of ether oxygens (including phenoxy) is 2. The van der Waals surface area contributed by atoms with E-state index in [1.807, 2.05) is 13.0 Å². The van der Waals surface area contributed by atoms with Crippen molar-refractivity contribution >= 4 is 21.6 Å². The van der Waals surface area contributed by atoms with Crippen LogP contribution in [0.25, 0.3) is 0 Å². The van der Waals surface area contributed by atoms with Crippen molar-refractivity contribution in [2.45, 2.75) is 11.8 Å². The van der Waals surface area contributed by atoms with Gasteiger partial charge in [-0.2, -0.15) is 4.31 Å². The van der Waals surface area contributed by atoms with E-state index in [9.17, 15) is 13.2 Å². The van der Waals surface area contributed by atoms with Crippen LogP contribution < -0.4 is 10.1 Å². The first-order valence-electron chi connectivity index (χ1n) is 8.73. The van der Waals surface area contributed by atoms with E-state index in [-0.39, 0.29) is 10.8 Å². The summed E-state index contributed by atoms with van der Waals surface area (Å²) in [5.74, 6) is 0.348. The molecule has 1 N–H and O–H groups in total. The summed E-state index contributed by atoms with van der Waals surface area (Å²) in [4.78, 5) is 12.6. The van der Waals surface area contributed by atoms with Gasteiger partial charge in [-0.05, 0) is 43.3 Å². The summed E-state index contributed by atoms with van der Waals surface area (Å²) >= 11 is 0. The number of benzene rings is 2. The standard InChI is InChI=1S/C19H22N2O5S/c1-2-26-17-5-3-4-16(14-17)20-19(22)15-6-8-18(9-7-15)27(23,24)21-10-12-25-13-11-21/h3-9,14H,2,10-13H2,1H3,(H,20,22). The third kappa shape index (κ3) is 4.65. The van der Waals surface area contributed by atoms with Gasteiger partial charge in [0.1, 0.15) is 5.75 Å². The maximum absolute atomic E-state index is 12.6. The fourth-order valence-corrected chi connectivity index (χ4v) is 4.16. The zero-order valence-electron chi connectivity index (χ0n) is 15.1. The van der Waals surface area contributed by atoms with Crippen molar-refractivity contribution in [1.29, 1.82) is 0 Å². The van der Waals surface area contributed by atoms with Gasteiger partial charge in [-0.15, -0.1) is 0 Å². The van der Waals surface area contributed by atoms with E-state index in [2.05, 4.69) is 5.32 Å². The number of sulfonamides is 1. The SMILES string of the molecule is CCOc1cccc(NC(=O)c2ccc(S(=O)(=O)N3CCOCC3)cc2)c1. The van der Waals surface area contributed by atoms with E-state index in [1.54, 1.807) is 18.2 Å². The number of hydrogen-bond acceptors (Lipinski definition) is 5. The molecule has 2 aromatic carbocycles. The van der Waals surface area contributed by atoms with Crippen molar-refractivity contribution in [3.05, 3.63) is 54.1 Å². The van der Waals surface area contributed by atoms with Crippen molar-refractivity contribution in [2.24, 2.45) is 0 Å². The molecule has 0 atom stereocenters. The normalized spacial score (nSPS) is 15.3. The van der Waals surface area contributed by atoms with Gasteiger partial charge in [0.15, 0.2) is 0 Å². The van der Waals surface area contributed by atoms with Gasteiger partial charge in [0.25, 0.3) is 5.91 Å². The highest BCUT2D eigenvalue weighted by Gasteiger charge is 2.26. The molecule has 1 saturated heterocycles. The highest BCUT2D eigenvalue weighted by Crippen LogP contribution is 2.20. The van der Waals surface area contributed by atoms with E-state index < -0.39 is 10.0 Å². The van der Waals surface area contributed by atoms with Crippen LogP contribution in [-0.2, 0) is 14.8 Å². The molecule has 0 aliphatic carbocycles. The maximum atomic E-state index is 12.6. The average molecular weight is 390 g/mol. The first-order chi connectivity index (χ1) is 13.0. The van der Waals surface area contributed by atoms with Crippen LogP contribution in [0.5, 0.6) is 5.75 Å². The number of morpholine rings is 1. The molecule has 0 spiro atoms. The van der Waals surface area contributed by atoms with Crippen molar-refractivity contribution < 1.29 is 22.7 Å². The number of carbonyl (C=O) groups is 1. The first kappa shape index (κ1) is 19.3. The van der Waals surface area contributed by atoms with Crippen LogP contribution in [0.2, 0.25) is 0 Å². The summed E-state index contributed by atoms with van der Waals surface area (Å²) in [6, 6.07) is 13.0. The fraction of sp³-hybridized carbons (Fsp3) is 0.316. The van der Waals surface area contributed by atoms with Crippen molar-refractivity contribution in [3.63, 3.8) is 0 Å². The Hall–Kier alpha value is -2.42. The van der Waals surface area contributed by atoms with Crippen LogP contribution in [0.3, 0.4) is 0 Å². The topological polar surface area (TPSA) is 84.9 Å². The lowest BCUT2D eigenvalue weighted by atomic mass is 10.2. The van der Waals surface area contributed by atoms with E-state index in [1.165, 1.54) is 28.6 Å². The number of nitrogens with zero attached hydrogens (tertiary/aromatic N) is 1. The molecule has 2 aromatic rings. The maximum Gasteiger partial charge on any atom is 0.255 e. The Bertz CT molecular complexity index is 891. The zero-order valence-corrected chi connectivity index (χ0v) is 15.9. The third-order valence-electron chi connectivity index (χ3n) is 4.13. The number of amides is 1. The largest absolute Gasteiger partial charge is 0.494 e. The Balaban J connectivity index is 1.71. The van der Waals surface area contributed by atoms with Gasteiger partial charge in [-0.1, -0.05) is 6.07 Å². The van der Waals surface area contributed by atoms with E-state index >= 15 is 0 Å². The molecule has 1 heterocycles. The fourth-order valence-electron chi connectivity index (χ4n) is 2.75. The molecule has 144 valence electrons. The van der Waals surface area contributed by atoms with E-state index in [0.717, 1.165) is 0 Å². The Labute approximate surface area is 158 Å². The Morgan fingerprint density at radius 3 is 2.52 bits per heavy atom. The minimum absolute atomic E-state index is 0.166. The molecule has 0 aromatic heterocycles. The number of rotatable bonds is 6. The molecular weight excluding hydrogens is 368 g/mol. The highest BCUT2D eigenvalue weighted by molar-refractivity contribution is 7.89. The molecule has 8 heteroatoms. The number of hydrogen-bond donors (Lipinski definition) is 1. The second kappa shape index (κ2) is 8.51. The van der Waals surface area contributed by atoms with Gasteiger partial charge in [-0.25, -0.2) is 8.42 Å². The Morgan fingerprint density at radius 1 is 1.15 bits per heavy atom. The summed E-state index contributed by atoms with van der Waals surface area (Å²) in [7, 11) is -3.57. The van der Waals surface area contributed by atoms with Gasteiger partial charge in [0, 0.05) is 30.4 Å². The number of anilines is 1. The molecule has 0 radical (unpaired) electrons. The summed E-state index contributed by atoms with van der Waals surface area (Å²) in [6.07, 6.45) is 0. The second-order valence-corrected chi connectivity index (χ2v) is 7.89. The summed E-state index contributed by atoms with van der Waals surface area (Å²) < 4.78 is 37.2. The van der Waals surface area contributed by atoms with Crippen LogP contribution in [0.1, 0.15) is 17.3 Å². The van der Waals surface area contributed by atoms with Gasteiger partial charge in [0.2, 0.25) is 10.0 Å². The smallest absolute Gasteiger partial charge is 0.255 e. The van der Waals surface area contributed by atoms with Gasteiger partial charge in [-0.3, -0.25) is 4.79 Å². The number of nitrogens with one attached hydrogen (secondary N) is 1. The lowest BCUT2D eigenvalue weighted by Gasteiger charge is -2.26. The lowest BCUT2D eigenvalue weighted by molar-refractivity contribution is 0.0730. The molecule has 7 nitrogen and oxygen atoms in total. The molecule has 1 fully saturated rings. The Kier molecular flexibility index (Phi) is 6.10. The molecule has 1 amide bonds. The minimum atomic E-state index is -3.57. The van der Waals surface area contributed by atoms with Crippen LogP contribution in [0, 0.1) is 0 Å². The molecule has 1 aliphatic rings. The molecular formula is C19H22N2O5S. The summed E-state index contributed by atoms with van der Waals surface area (Å²) in [5.41, 5.74) is 0.980. The van der Waals surface area contributed by atoms with Gasteiger partial charge in [0.05, 0.1) is 24.7 Å². The summed E-state index contributed by atoms with van der Waals surface area (Å²) in [6.45, 7) is 3.87. The molecule has 0 unspecified atom stereocenters. The first-order valence-corrected chi connectivity index (χ1v) is 10.2. The van der Waals surface area contributed by atoms with Crippen LogP contribution in [-0.4, -0.2) is 51.5 Å². The second-order valence-electron chi connectivity index (χ2n) is 5.96. The van der Waals surface area contributed by atoms with Crippen molar-refractivity contribution in [3.8, 4) is 5.75 Å². The number of carbonyl (C=O) groups excluding carboxylic acids is 1. The van der Waals surface area contributed by atoms with E-state index in [4.69, 9.17) is 9.47 Å². The average Bonchev–Trinajstić information content (AvgIpc) is 2.69. The molecule has 1 aliphatic heterocycles. The quantitative estimate of drug-likeness (QED) is 0.818. The Morgan fingerprint density at radius 2 is 1.85 bits per heavy atom. The minimum Gasteiger partial charge on any atom is -0.494 e. The predicted molar refractivity (Wildman–Crippen MR) is 102 cm³/mol. The van der Waals surface area contributed by atoms with Crippen molar-refractivity contribution in [2.75, 3.05) is 38.2 Å². The molecule has 3 rings (SSSR count). The third-order valence-corrected chi connectivity index (χ3v) is 6.04.